The van der Waals surface area contributed by atoms with Crippen LogP contribution in [0.5, 0.6) is 5.75 Å². The summed E-state index contributed by atoms with van der Waals surface area (Å²) in [6.45, 7) is 20.0. The Bertz CT molecular complexity index is 1380. The summed E-state index contributed by atoms with van der Waals surface area (Å²) in [4.78, 5) is 13.5. The molecule has 2 aliphatic rings. The van der Waals surface area contributed by atoms with E-state index in [0.29, 0.717) is 35.9 Å². The number of carbonyl (C=O) groups is 1. The minimum Gasteiger partial charge on any atom is -0.491 e. The van der Waals surface area contributed by atoms with Crippen molar-refractivity contribution in [2.45, 2.75) is 90.0 Å². The first-order valence-corrected chi connectivity index (χ1v) is 16.4. The Morgan fingerprint density at radius 3 is 2.29 bits per heavy atom. The van der Waals surface area contributed by atoms with E-state index < -0.39 is 19.5 Å². The fourth-order valence-electron chi connectivity index (χ4n) is 5.17. The van der Waals surface area contributed by atoms with Crippen molar-refractivity contribution in [3.8, 4) is 5.75 Å². The Morgan fingerprint density at radius 2 is 1.61 bits per heavy atom. The van der Waals surface area contributed by atoms with Gasteiger partial charge in [0, 0.05) is 16.4 Å². The highest BCUT2D eigenvalue weighted by Gasteiger charge is 2.45. The maximum atomic E-state index is 13.5. The highest BCUT2D eigenvalue weighted by atomic mass is 28.4. The van der Waals surface area contributed by atoms with Crippen molar-refractivity contribution in [2.24, 2.45) is 0 Å². The van der Waals surface area contributed by atoms with Gasteiger partial charge in [0.15, 0.2) is 19.9 Å². The van der Waals surface area contributed by atoms with Gasteiger partial charge in [-0.05, 0) is 75.7 Å². The van der Waals surface area contributed by atoms with Crippen molar-refractivity contribution in [2.75, 3.05) is 13.2 Å². The molecule has 0 N–H and O–H groups in total. The molecule has 0 unspecified atom stereocenters. The van der Waals surface area contributed by atoms with E-state index in [1.54, 1.807) is 0 Å². The number of benzene rings is 2. The first-order valence-electron chi connectivity index (χ1n) is 13.4. The molecule has 2 aromatic carbocycles. The van der Waals surface area contributed by atoms with Gasteiger partial charge in [-0.3, -0.25) is 4.79 Å². The summed E-state index contributed by atoms with van der Waals surface area (Å²) >= 11 is 0. The van der Waals surface area contributed by atoms with Crippen LogP contribution in [-0.4, -0.2) is 45.3 Å². The molecule has 0 spiro atoms. The van der Waals surface area contributed by atoms with Crippen molar-refractivity contribution in [1.29, 1.82) is 0 Å². The molecule has 0 amide bonds. The summed E-state index contributed by atoms with van der Waals surface area (Å²) in [5.74, 6) is 0.659. The fraction of sp³-hybridized carbons (Fsp3) is 0.516. The quantitative estimate of drug-likeness (QED) is 0.310. The van der Waals surface area contributed by atoms with Crippen molar-refractivity contribution >= 4 is 25.1 Å². The standard InChI is InChI=1S/C31H40O6Si/c1-29(2,3)38(8,9)34-18-25-24(36-31(6,7)37-25)17-33-19-14-15-20-22(16-19)30(4,5)28-26(27(20)32)21-12-10-11-13-23(21)35-28/h10-16,24-25H,17-18H2,1-9H3/t24-,25-/m1/s1. The van der Waals surface area contributed by atoms with E-state index in [4.69, 9.17) is 23.1 Å². The van der Waals surface area contributed by atoms with Gasteiger partial charge in [-0.1, -0.05) is 39.0 Å². The molecule has 38 heavy (non-hydrogen) atoms. The molecule has 2 atom stereocenters. The number of carbonyl (C=O) groups excluding carboxylic acids is 1. The number of rotatable bonds is 6. The lowest BCUT2D eigenvalue weighted by atomic mass is 9.72. The number of fused-ring (bicyclic) bond motifs is 4. The van der Waals surface area contributed by atoms with Gasteiger partial charge in [-0.15, -0.1) is 0 Å². The number of hydrogen-bond donors (Lipinski definition) is 0. The third-order valence-corrected chi connectivity index (χ3v) is 12.9. The smallest absolute Gasteiger partial charge is 0.197 e. The third-order valence-electron chi connectivity index (χ3n) is 8.41. The molecule has 3 aromatic rings. The van der Waals surface area contributed by atoms with Gasteiger partial charge in [-0.25, -0.2) is 0 Å². The molecule has 1 saturated heterocycles. The van der Waals surface area contributed by atoms with Crippen LogP contribution in [0.1, 0.15) is 75.7 Å². The number of hydrogen-bond acceptors (Lipinski definition) is 6. The van der Waals surface area contributed by atoms with Crippen LogP contribution in [0.2, 0.25) is 18.1 Å². The van der Waals surface area contributed by atoms with E-state index >= 15 is 0 Å². The largest absolute Gasteiger partial charge is 0.491 e. The average molecular weight is 537 g/mol. The maximum Gasteiger partial charge on any atom is 0.197 e. The summed E-state index contributed by atoms with van der Waals surface area (Å²) in [7, 11) is -1.93. The van der Waals surface area contributed by atoms with E-state index in [0.717, 1.165) is 16.5 Å². The lowest BCUT2D eigenvalue weighted by Crippen LogP contribution is -2.44. The predicted molar refractivity (Wildman–Crippen MR) is 151 cm³/mol. The van der Waals surface area contributed by atoms with E-state index in [2.05, 4.69) is 47.7 Å². The van der Waals surface area contributed by atoms with Gasteiger partial charge in [-0.2, -0.15) is 0 Å². The van der Waals surface area contributed by atoms with Gasteiger partial charge >= 0.3 is 0 Å². The normalized spacial score (nSPS) is 22.4. The second-order valence-electron chi connectivity index (χ2n) is 13.1. The van der Waals surface area contributed by atoms with Crippen LogP contribution in [-0.2, 0) is 19.3 Å². The highest BCUT2D eigenvalue weighted by molar-refractivity contribution is 6.74. The molecule has 7 heteroatoms. The lowest BCUT2D eigenvalue weighted by Gasteiger charge is -2.37. The number of ether oxygens (including phenoxy) is 3. The summed E-state index contributed by atoms with van der Waals surface area (Å²) in [6.07, 6.45) is -0.504. The Labute approximate surface area is 226 Å². The van der Waals surface area contributed by atoms with Crippen LogP contribution in [0, 0.1) is 0 Å². The zero-order valence-corrected chi connectivity index (χ0v) is 25.1. The SMILES string of the molecule is CC1(C)O[C@H](COc2ccc3c(c2)C(C)(C)c2oc4ccccc4c2C3=O)[C@@H](CO[Si](C)(C)C(C)(C)C)O1. The molecule has 0 bridgehead atoms. The molecule has 1 fully saturated rings. The minimum absolute atomic E-state index is 0.0112. The molecule has 0 radical (unpaired) electrons. The Morgan fingerprint density at radius 1 is 0.947 bits per heavy atom. The lowest BCUT2D eigenvalue weighted by molar-refractivity contribution is -0.150. The molecule has 1 aromatic heterocycles. The zero-order valence-electron chi connectivity index (χ0n) is 24.1. The van der Waals surface area contributed by atoms with Gasteiger partial charge in [0.2, 0.25) is 0 Å². The molecule has 0 saturated carbocycles. The molecule has 1 aliphatic carbocycles. The number of furan rings is 1. The fourth-order valence-corrected chi connectivity index (χ4v) is 6.19. The monoisotopic (exact) mass is 536 g/mol. The molecule has 6 nitrogen and oxygen atoms in total. The molecule has 2 heterocycles. The number of ketones is 1. The summed E-state index contributed by atoms with van der Waals surface area (Å²) < 4.78 is 31.3. The topological polar surface area (TPSA) is 67.1 Å². The van der Waals surface area contributed by atoms with Crippen LogP contribution < -0.4 is 4.74 Å². The van der Waals surface area contributed by atoms with Crippen LogP contribution in [0.4, 0.5) is 0 Å². The third kappa shape index (κ3) is 4.64. The van der Waals surface area contributed by atoms with E-state index in [-0.39, 0.29) is 23.0 Å². The second kappa shape index (κ2) is 9.05. The molecule has 204 valence electrons. The van der Waals surface area contributed by atoms with E-state index in [1.165, 1.54) is 0 Å². The maximum absolute atomic E-state index is 13.5. The Kier molecular flexibility index (Phi) is 6.46. The molecular formula is C31H40O6Si. The molecular weight excluding hydrogens is 496 g/mol. The van der Waals surface area contributed by atoms with Gasteiger partial charge in [0.05, 0.1) is 12.2 Å². The van der Waals surface area contributed by atoms with Crippen molar-refractivity contribution in [3.05, 3.63) is 64.9 Å². The summed E-state index contributed by atoms with van der Waals surface area (Å²) in [6, 6.07) is 13.4. The van der Waals surface area contributed by atoms with Crippen molar-refractivity contribution < 1.29 is 27.8 Å². The first kappa shape index (κ1) is 27.1. The van der Waals surface area contributed by atoms with Gasteiger partial charge < -0.3 is 23.1 Å². The van der Waals surface area contributed by atoms with E-state index in [9.17, 15) is 4.79 Å². The summed E-state index contributed by atoms with van der Waals surface area (Å²) in [5.41, 5.74) is 2.48. The highest BCUT2D eigenvalue weighted by Crippen LogP contribution is 2.46. The van der Waals surface area contributed by atoms with Crippen LogP contribution in [0.15, 0.2) is 46.9 Å². The van der Waals surface area contributed by atoms with Crippen LogP contribution >= 0.6 is 0 Å². The minimum atomic E-state index is -1.93. The number of para-hydroxylation sites is 1. The van der Waals surface area contributed by atoms with Crippen molar-refractivity contribution in [3.63, 3.8) is 0 Å². The first-order chi connectivity index (χ1) is 17.6. The van der Waals surface area contributed by atoms with Crippen LogP contribution in [0.3, 0.4) is 0 Å². The second-order valence-corrected chi connectivity index (χ2v) is 17.9. The van der Waals surface area contributed by atoms with Crippen molar-refractivity contribution in [1.82, 2.24) is 0 Å². The van der Waals surface area contributed by atoms with Gasteiger partial charge in [0.25, 0.3) is 0 Å². The molecule has 1 aliphatic heterocycles. The zero-order chi connectivity index (χ0) is 27.7. The predicted octanol–water partition coefficient (Wildman–Crippen LogP) is 7.22. The Hall–Kier alpha value is -2.45. The van der Waals surface area contributed by atoms with Gasteiger partial charge in [0.1, 0.15) is 35.9 Å². The van der Waals surface area contributed by atoms with E-state index in [1.807, 2.05) is 56.3 Å². The Balaban J connectivity index is 1.36. The van der Waals surface area contributed by atoms with Crippen LogP contribution in [0.25, 0.3) is 11.0 Å². The average Bonchev–Trinajstić information content (AvgIpc) is 3.37. The summed E-state index contributed by atoms with van der Waals surface area (Å²) in [5, 5.41) is 0.972. The molecule has 5 rings (SSSR count).